The van der Waals surface area contributed by atoms with E-state index in [1.807, 2.05) is 41.2 Å². The molecule has 0 aliphatic heterocycles. The Kier molecular flexibility index (Phi) is 5.81. The van der Waals surface area contributed by atoms with E-state index in [1.165, 1.54) is 16.2 Å². The first-order valence-electron chi connectivity index (χ1n) is 16.1. The molecule has 5 nitrogen and oxygen atoms in total. The Morgan fingerprint density at radius 1 is 0.438 bits per heavy atom. The number of benzene rings is 7. The second-order valence-corrected chi connectivity index (χ2v) is 12.1. The molecule has 0 saturated carbocycles. The molecule has 0 N–H and O–H groups in total. The van der Waals surface area contributed by atoms with Crippen molar-refractivity contribution in [2.24, 2.45) is 0 Å². The molecule has 0 amide bonds. The summed E-state index contributed by atoms with van der Waals surface area (Å²) in [5.74, 6) is 0.630. The number of hydrogen-bond donors (Lipinski definition) is 0. The molecule has 3 aromatic heterocycles. The van der Waals surface area contributed by atoms with E-state index in [2.05, 4.69) is 132 Å². The van der Waals surface area contributed by atoms with E-state index in [9.17, 15) is 0 Å². The van der Waals surface area contributed by atoms with Crippen molar-refractivity contribution in [1.29, 1.82) is 0 Å². The summed E-state index contributed by atoms with van der Waals surface area (Å²) in [5, 5.41) is 13.0. The van der Waals surface area contributed by atoms with Crippen LogP contribution in [-0.2, 0) is 0 Å². The summed E-state index contributed by atoms with van der Waals surface area (Å²) in [5.41, 5.74) is 8.03. The molecule has 0 bridgehead atoms. The van der Waals surface area contributed by atoms with Crippen molar-refractivity contribution in [3.8, 4) is 34.2 Å². The van der Waals surface area contributed by atoms with E-state index in [1.54, 1.807) is 0 Å². The first kappa shape index (κ1) is 26.6. The molecule has 0 radical (unpaired) electrons. The molecular formula is C43H27N5. The Morgan fingerprint density at radius 2 is 1.04 bits per heavy atom. The van der Waals surface area contributed by atoms with Crippen LogP contribution < -0.4 is 0 Å². The Hall–Kier alpha value is -6.59. The predicted molar refractivity (Wildman–Crippen MR) is 197 cm³/mol. The van der Waals surface area contributed by atoms with Crippen LogP contribution in [0.3, 0.4) is 0 Å². The minimum absolute atomic E-state index is 0.630. The molecule has 224 valence electrons. The maximum absolute atomic E-state index is 5.30. The van der Waals surface area contributed by atoms with Crippen molar-refractivity contribution < 1.29 is 0 Å². The highest BCUT2D eigenvalue weighted by Crippen LogP contribution is 2.41. The van der Waals surface area contributed by atoms with Crippen molar-refractivity contribution in [2.45, 2.75) is 0 Å². The van der Waals surface area contributed by atoms with Crippen LogP contribution in [0.25, 0.3) is 88.4 Å². The van der Waals surface area contributed by atoms with Gasteiger partial charge in [-0.2, -0.15) is 5.10 Å². The van der Waals surface area contributed by atoms with Crippen molar-refractivity contribution in [1.82, 2.24) is 24.3 Å². The summed E-state index contributed by atoms with van der Waals surface area (Å²) in [4.78, 5) is 10.6. The van der Waals surface area contributed by atoms with Gasteiger partial charge in [-0.3, -0.25) is 4.57 Å². The molecule has 3 heterocycles. The van der Waals surface area contributed by atoms with Gasteiger partial charge in [0.2, 0.25) is 5.95 Å². The zero-order valence-electron chi connectivity index (χ0n) is 25.8. The van der Waals surface area contributed by atoms with Gasteiger partial charge < -0.3 is 0 Å². The highest BCUT2D eigenvalue weighted by atomic mass is 15.3. The minimum Gasteiger partial charge on any atom is -0.277 e. The smallest absolute Gasteiger partial charge is 0.235 e. The topological polar surface area (TPSA) is 48.5 Å². The first-order valence-corrected chi connectivity index (χ1v) is 16.1. The normalized spacial score (nSPS) is 11.8. The van der Waals surface area contributed by atoms with E-state index in [0.717, 1.165) is 66.3 Å². The predicted octanol–water partition coefficient (Wildman–Crippen LogP) is 10.6. The van der Waals surface area contributed by atoms with Gasteiger partial charge in [-0.25, -0.2) is 14.6 Å². The van der Waals surface area contributed by atoms with Gasteiger partial charge in [-0.15, -0.1) is 0 Å². The molecule has 10 rings (SSSR count). The number of hydrogen-bond acceptors (Lipinski definition) is 3. The Labute approximate surface area is 276 Å². The maximum Gasteiger partial charge on any atom is 0.235 e. The second-order valence-electron chi connectivity index (χ2n) is 12.1. The molecule has 0 aliphatic carbocycles. The van der Waals surface area contributed by atoms with Crippen LogP contribution in [0.15, 0.2) is 164 Å². The first-order chi connectivity index (χ1) is 23.8. The van der Waals surface area contributed by atoms with Gasteiger partial charge in [0.25, 0.3) is 0 Å². The molecule has 0 spiro atoms. The Balaban J connectivity index is 1.36. The van der Waals surface area contributed by atoms with E-state index in [-0.39, 0.29) is 0 Å². The van der Waals surface area contributed by atoms with Crippen molar-refractivity contribution in [2.75, 3.05) is 0 Å². The number of aromatic nitrogens is 5. The third kappa shape index (κ3) is 4.01. The fourth-order valence-corrected chi connectivity index (χ4v) is 7.23. The summed E-state index contributed by atoms with van der Waals surface area (Å²) in [6.07, 6.45) is 2.00. The third-order valence-electron chi connectivity index (χ3n) is 9.42. The van der Waals surface area contributed by atoms with Crippen LogP contribution in [0.4, 0.5) is 0 Å². The van der Waals surface area contributed by atoms with Gasteiger partial charge in [-0.1, -0.05) is 127 Å². The highest BCUT2D eigenvalue weighted by molar-refractivity contribution is 6.27. The van der Waals surface area contributed by atoms with E-state index in [0.29, 0.717) is 5.95 Å². The molecule has 5 heteroatoms. The molecule has 10 aromatic rings. The zero-order valence-corrected chi connectivity index (χ0v) is 25.8. The molecule has 0 saturated heterocycles. The summed E-state index contributed by atoms with van der Waals surface area (Å²) >= 11 is 0. The lowest BCUT2D eigenvalue weighted by Gasteiger charge is -2.13. The number of para-hydroxylation sites is 1. The molecular weight excluding hydrogens is 587 g/mol. The largest absolute Gasteiger partial charge is 0.277 e. The van der Waals surface area contributed by atoms with Crippen molar-refractivity contribution in [3.63, 3.8) is 0 Å². The lowest BCUT2D eigenvalue weighted by Crippen LogP contribution is -2.04. The molecule has 48 heavy (non-hydrogen) atoms. The quantitative estimate of drug-likeness (QED) is 0.186. The highest BCUT2D eigenvalue weighted by Gasteiger charge is 2.22. The van der Waals surface area contributed by atoms with E-state index >= 15 is 0 Å². The van der Waals surface area contributed by atoms with Gasteiger partial charge in [0, 0.05) is 32.7 Å². The fraction of sp³-hybridized carbons (Fsp3) is 0. The molecule has 0 aliphatic rings. The standard InChI is InChI=1S/C43H27N5/c1-4-13-29(14-5-1)37-26-38(30-15-6-2-7-16-30)46-43(45-37)47-40-25-24-39-36(27-44-48(39)31-17-8-3-9-18-31)41(40)35-23-22-33-32-19-11-10-12-28(32)20-21-34(33)42(35)47/h1-27H. The lowest BCUT2D eigenvalue weighted by molar-refractivity contribution is 0.911. The molecule has 0 unspecified atom stereocenters. The molecule has 0 fully saturated rings. The monoisotopic (exact) mass is 613 g/mol. The summed E-state index contributed by atoms with van der Waals surface area (Å²) in [7, 11) is 0. The minimum atomic E-state index is 0.630. The Bertz CT molecular complexity index is 2760. The van der Waals surface area contributed by atoms with Crippen molar-refractivity contribution >= 4 is 54.3 Å². The maximum atomic E-state index is 5.30. The van der Waals surface area contributed by atoms with Gasteiger partial charge in [0.05, 0.1) is 39.8 Å². The summed E-state index contributed by atoms with van der Waals surface area (Å²) in [6.45, 7) is 0. The number of nitrogens with zero attached hydrogens (tertiary/aromatic N) is 5. The Morgan fingerprint density at radius 3 is 1.77 bits per heavy atom. The van der Waals surface area contributed by atoms with Crippen molar-refractivity contribution in [3.05, 3.63) is 164 Å². The van der Waals surface area contributed by atoms with E-state index in [4.69, 9.17) is 15.1 Å². The summed E-state index contributed by atoms with van der Waals surface area (Å²) < 4.78 is 4.28. The van der Waals surface area contributed by atoms with Gasteiger partial charge in [0.15, 0.2) is 0 Å². The van der Waals surface area contributed by atoms with Crippen LogP contribution in [0, 0.1) is 0 Å². The van der Waals surface area contributed by atoms with Gasteiger partial charge in [-0.05, 0) is 46.5 Å². The summed E-state index contributed by atoms with van der Waals surface area (Å²) in [6, 6.07) is 55.1. The van der Waals surface area contributed by atoms with Crippen LogP contribution in [0.2, 0.25) is 0 Å². The lowest BCUT2D eigenvalue weighted by atomic mass is 9.99. The van der Waals surface area contributed by atoms with E-state index < -0.39 is 0 Å². The van der Waals surface area contributed by atoms with Crippen LogP contribution in [0.1, 0.15) is 0 Å². The number of rotatable bonds is 4. The van der Waals surface area contributed by atoms with Crippen LogP contribution in [0.5, 0.6) is 0 Å². The average molecular weight is 614 g/mol. The number of fused-ring (bicyclic) bond motifs is 9. The van der Waals surface area contributed by atoms with Crippen LogP contribution in [-0.4, -0.2) is 24.3 Å². The average Bonchev–Trinajstić information content (AvgIpc) is 3.75. The third-order valence-corrected chi connectivity index (χ3v) is 9.42. The molecule has 0 atom stereocenters. The molecule has 7 aromatic carbocycles. The zero-order chi connectivity index (χ0) is 31.6. The van der Waals surface area contributed by atoms with Gasteiger partial charge in [0.1, 0.15) is 0 Å². The second kappa shape index (κ2) is 10.5. The van der Waals surface area contributed by atoms with Gasteiger partial charge >= 0.3 is 0 Å². The fourth-order valence-electron chi connectivity index (χ4n) is 7.23. The van der Waals surface area contributed by atoms with Crippen LogP contribution >= 0.6 is 0 Å². The SMILES string of the molecule is c1ccc(-c2cc(-c3ccccc3)nc(-n3c4ccc5c(cnn5-c5ccccc5)c4c4ccc5c6ccccc6ccc5c43)n2)cc1.